The molecule has 0 radical (unpaired) electrons. The van der Waals surface area contributed by atoms with Crippen molar-refractivity contribution in [3.05, 3.63) is 69.6 Å². The predicted molar refractivity (Wildman–Crippen MR) is 122 cm³/mol. The molecule has 0 fully saturated rings. The largest absolute Gasteiger partial charge is 0.396 e. The van der Waals surface area contributed by atoms with E-state index in [1.165, 1.54) is 0 Å². The minimum absolute atomic E-state index is 0.0780. The number of unbranched alkanes of at least 4 members (excludes halogenated alkanes) is 1. The molecule has 0 aliphatic heterocycles. The van der Waals surface area contributed by atoms with Gasteiger partial charge in [0.1, 0.15) is 0 Å². The van der Waals surface area contributed by atoms with Crippen LogP contribution in [0.25, 0.3) is 5.57 Å². The SMILES string of the molecule is CCCCC(C)/C=C(\c1ccc(S(=O)(=O)CCCO)cc1)c1ccc(CC)c(=O)[nH]1. The Morgan fingerprint density at radius 1 is 1.10 bits per heavy atom. The van der Waals surface area contributed by atoms with E-state index in [2.05, 4.69) is 24.9 Å². The third kappa shape index (κ3) is 6.41. The average Bonchev–Trinajstić information content (AvgIpc) is 2.74. The number of aromatic nitrogens is 1. The predicted octanol–water partition coefficient (Wildman–Crippen LogP) is 4.35. The Balaban J connectivity index is 2.45. The van der Waals surface area contributed by atoms with Crippen molar-refractivity contribution >= 4 is 15.4 Å². The van der Waals surface area contributed by atoms with E-state index in [0.717, 1.165) is 41.7 Å². The number of aliphatic hydroxyl groups is 1. The van der Waals surface area contributed by atoms with Gasteiger partial charge in [0.25, 0.3) is 5.56 Å². The number of H-pyrrole nitrogens is 1. The van der Waals surface area contributed by atoms with Crippen molar-refractivity contribution in [2.75, 3.05) is 12.4 Å². The van der Waals surface area contributed by atoms with Gasteiger partial charge in [0.15, 0.2) is 9.84 Å². The molecule has 0 saturated carbocycles. The second kappa shape index (κ2) is 11.3. The Kier molecular flexibility index (Phi) is 9.06. The number of benzene rings is 1. The van der Waals surface area contributed by atoms with E-state index in [1.54, 1.807) is 24.3 Å². The van der Waals surface area contributed by atoms with Crippen LogP contribution in [0.2, 0.25) is 0 Å². The van der Waals surface area contributed by atoms with Gasteiger partial charge in [-0.1, -0.05) is 57.9 Å². The van der Waals surface area contributed by atoms with E-state index >= 15 is 0 Å². The van der Waals surface area contributed by atoms with Crippen LogP contribution in [0, 0.1) is 5.92 Å². The minimum atomic E-state index is -3.42. The summed E-state index contributed by atoms with van der Waals surface area (Å²) in [6.07, 6.45) is 6.33. The Morgan fingerprint density at radius 3 is 2.37 bits per heavy atom. The van der Waals surface area contributed by atoms with Crippen LogP contribution in [0.1, 0.15) is 63.3 Å². The van der Waals surface area contributed by atoms with Crippen LogP contribution in [0.3, 0.4) is 0 Å². The van der Waals surface area contributed by atoms with Crippen molar-refractivity contribution in [2.24, 2.45) is 5.92 Å². The summed E-state index contributed by atoms with van der Waals surface area (Å²) in [5, 5.41) is 8.92. The quantitative estimate of drug-likeness (QED) is 0.554. The smallest absolute Gasteiger partial charge is 0.251 e. The van der Waals surface area contributed by atoms with Gasteiger partial charge in [0, 0.05) is 23.4 Å². The van der Waals surface area contributed by atoms with Crippen LogP contribution in [0.4, 0.5) is 0 Å². The third-order valence-electron chi connectivity index (χ3n) is 5.22. The van der Waals surface area contributed by atoms with Crippen LogP contribution in [0.5, 0.6) is 0 Å². The van der Waals surface area contributed by atoms with Crippen molar-refractivity contribution in [1.29, 1.82) is 0 Å². The molecule has 6 heteroatoms. The zero-order valence-electron chi connectivity index (χ0n) is 18.1. The van der Waals surface area contributed by atoms with Crippen LogP contribution in [-0.4, -0.2) is 30.9 Å². The second-order valence-corrected chi connectivity index (χ2v) is 9.81. The van der Waals surface area contributed by atoms with E-state index in [4.69, 9.17) is 5.11 Å². The van der Waals surface area contributed by atoms with Gasteiger partial charge < -0.3 is 10.1 Å². The van der Waals surface area contributed by atoms with Gasteiger partial charge >= 0.3 is 0 Å². The molecule has 1 atom stereocenters. The molecule has 164 valence electrons. The summed E-state index contributed by atoms with van der Waals surface area (Å²) >= 11 is 0. The molecule has 0 saturated heterocycles. The molecule has 1 unspecified atom stereocenters. The molecule has 1 heterocycles. The lowest BCUT2D eigenvalue weighted by Crippen LogP contribution is -2.14. The fourth-order valence-corrected chi connectivity index (χ4v) is 4.68. The Hall–Kier alpha value is -2.18. The molecule has 5 nitrogen and oxygen atoms in total. The van der Waals surface area contributed by atoms with Crippen LogP contribution in [0.15, 0.2) is 52.2 Å². The number of hydrogen-bond donors (Lipinski definition) is 2. The topological polar surface area (TPSA) is 87.2 Å². The number of allylic oxidation sites excluding steroid dienone is 1. The van der Waals surface area contributed by atoms with Gasteiger partial charge in [-0.3, -0.25) is 4.79 Å². The molecule has 0 spiro atoms. The fraction of sp³-hybridized carbons (Fsp3) is 0.458. The van der Waals surface area contributed by atoms with Crippen molar-refractivity contribution < 1.29 is 13.5 Å². The van der Waals surface area contributed by atoms with E-state index in [0.29, 0.717) is 12.3 Å². The molecule has 1 aromatic carbocycles. The van der Waals surface area contributed by atoms with Crippen molar-refractivity contribution in [2.45, 2.75) is 57.8 Å². The number of sulfone groups is 1. The molecule has 0 aliphatic carbocycles. The fourth-order valence-electron chi connectivity index (χ4n) is 3.39. The molecule has 30 heavy (non-hydrogen) atoms. The Morgan fingerprint density at radius 2 is 1.80 bits per heavy atom. The highest BCUT2D eigenvalue weighted by Gasteiger charge is 2.15. The number of rotatable bonds is 11. The standard InChI is InChI=1S/C24H33NO4S/c1-4-6-8-18(3)17-22(23-14-11-19(5-2)24(27)25-23)20-9-12-21(13-10-20)30(28,29)16-7-15-26/h9-14,17-18,26H,4-8,15-16H2,1-3H3,(H,25,27)/b22-17+. The number of aryl methyl sites for hydroxylation is 1. The maximum Gasteiger partial charge on any atom is 0.251 e. The third-order valence-corrected chi connectivity index (χ3v) is 7.04. The molecule has 0 bridgehead atoms. The summed E-state index contributed by atoms with van der Waals surface area (Å²) in [6.45, 7) is 6.11. The lowest BCUT2D eigenvalue weighted by Gasteiger charge is -2.14. The van der Waals surface area contributed by atoms with Crippen molar-refractivity contribution in [3.63, 3.8) is 0 Å². The number of pyridine rings is 1. The van der Waals surface area contributed by atoms with E-state index in [9.17, 15) is 13.2 Å². The van der Waals surface area contributed by atoms with Crippen molar-refractivity contribution in [3.8, 4) is 0 Å². The molecular weight excluding hydrogens is 398 g/mol. The molecule has 2 N–H and O–H groups in total. The summed E-state index contributed by atoms with van der Waals surface area (Å²) in [4.78, 5) is 15.6. The van der Waals surface area contributed by atoms with Gasteiger partial charge in [-0.2, -0.15) is 0 Å². The Labute approximate surface area is 179 Å². The maximum atomic E-state index is 12.4. The monoisotopic (exact) mass is 431 g/mol. The van der Waals surface area contributed by atoms with Gasteiger partial charge in [-0.15, -0.1) is 0 Å². The highest BCUT2D eigenvalue weighted by atomic mass is 32.2. The zero-order valence-corrected chi connectivity index (χ0v) is 19.0. The number of aromatic amines is 1. The molecule has 2 aromatic rings. The average molecular weight is 432 g/mol. The van der Waals surface area contributed by atoms with E-state index in [1.807, 2.05) is 19.1 Å². The lowest BCUT2D eigenvalue weighted by molar-refractivity contribution is 0.295. The van der Waals surface area contributed by atoms with E-state index < -0.39 is 9.84 Å². The molecule has 0 amide bonds. The van der Waals surface area contributed by atoms with Crippen LogP contribution < -0.4 is 5.56 Å². The summed E-state index contributed by atoms with van der Waals surface area (Å²) in [6, 6.07) is 10.6. The number of aliphatic hydroxyl groups excluding tert-OH is 1. The first-order valence-corrected chi connectivity index (χ1v) is 12.4. The summed E-state index contributed by atoms with van der Waals surface area (Å²) in [7, 11) is -3.42. The van der Waals surface area contributed by atoms with Gasteiger partial charge in [0.2, 0.25) is 0 Å². The highest BCUT2D eigenvalue weighted by molar-refractivity contribution is 7.91. The maximum absolute atomic E-state index is 12.4. The second-order valence-electron chi connectivity index (χ2n) is 7.70. The first-order valence-electron chi connectivity index (χ1n) is 10.7. The molecule has 1 aromatic heterocycles. The highest BCUT2D eigenvalue weighted by Crippen LogP contribution is 2.26. The van der Waals surface area contributed by atoms with Crippen LogP contribution in [-0.2, 0) is 16.3 Å². The summed E-state index contributed by atoms with van der Waals surface area (Å²) in [5.41, 5.74) is 3.14. The number of hydrogen-bond acceptors (Lipinski definition) is 4. The first kappa shape index (κ1) is 24.1. The summed E-state index contributed by atoms with van der Waals surface area (Å²) in [5.74, 6) is 0.244. The molecular formula is C24H33NO4S. The van der Waals surface area contributed by atoms with Gasteiger partial charge in [-0.05, 0) is 48.9 Å². The molecule has 0 aliphatic rings. The van der Waals surface area contributed by atoms with Gasteiger partial charge in [0.05, 0.1) is 10.6 Å². The lowest BCUT2D eigenvalue weighted by atomic mass is 9.94. The molecule has 2 rings (SSSR count). The zero-order chi connectivity index (χ0) is 22.1. The van der Waals surface area contributed by atoms with E-state index in [-0.39, 0.29) is 29.2 Å². The first-order chi connectivity index (χ1) is 14.3. The normalized spacial score (nSPS) is 13.4. The summed E-state index contributed by atoms with van der Waals surface area (Å²) < 4.78 is 24.8. The number of nitrogens with one attached hydrogen (secondary N) is 1. The minimum Gasteiger partial charge on any atom is -0.396 e. The van der Waals surface area contributed by atoms with Crippen LogP contribution >= 0.6 is 0 Å². The Bertz CT molecular complexity index is 1000. The van der Waals surface area contributed by atoms with Crippen molar-refractivity contribution in [1.82, 2.24) is 4.98 Å². The van der Waals surface area contributed by atoms with Gasteiger partial charge in [-0.25, -0.2) is 8.42 Å².